The van der Waals surface area contributed by atoms with Crippen LogP contribution in [0, 0.1) is 0 Å². The molecule has 2 aromatic carbocycles. The third-order valence-corrected chi connectivity index (χ3v) is 3.77. The second kappa shape index (κ2) is 5.49. The topological polar surface area (TPSA) is 30.0 Å². The molecule has 0 amide bonds. The van der Waals surface area contributed by atoms with Crippen molar-refractivity contribution in [1.29, 1.82) is 0 Å². The number of fused-ring (bicyclic) bond motifs is 1. The predicted octanol–water partition coefficient (Wildman–Crippen LogP) is 4.59. The van der Waals surface area contributed by atoms with Gasteiger partial charge in [-0.2, -0.15) is 0 Å². The second-order valence-corrected chi connectivity index (χ2v) is 5.51. The summed E-state index contributed by atoms with van der Waals surface area (Å²) in [5, 5.41) is 1.94. The van der Waals surface area contributed by atoms with Crippen LogP contribution in [0.5, 0.6) is 0 Å². The zero-order valence-electron chi connectivity index (χ0n) is 12.2. The fraction of sp³-hybridized carbons (Fsp3) is 0.158. The number of hydrogen-bond donors (Lipinski definition) is 0. The number of pyridine rings is 1. The molecule has 0 saturated carbocycles. The summed E-state index contributed by atoms with van der Waals surface area (Å²) >= 11 is 0. The lowest BCUT2D eigenvalue weighted by atomic mass is 9.96. The Morgan fingerprint density at radius 1 is 1.00 bits per heavy atom. The molecule has 0 radical (unpaired) electrons. The van der Waals surface area contributed by atoms with E-state index in [4.69, 9.17) is 0 Å². The molecule has 0 spiro atoms. The van der Waals surface area contributed by atoms with Crippen LogP contribution in [-0.2, 0) is 0 Å². The molecule has 0 fully saturated rings. The van der Waals surface area contributed by atoms with Gasteiger partial charge in [0.25, 0.3) is 0 Å². The van der Waals surface area contributed by atoms with Crippen LogP contribution in [-0.4, -0.2) is 10.8 Å². The molecule has 0 aliphatic rings. The van der Waals surface area contributed by atoms with Crippen molar-refractivity contribution in [2.45, 2.75) is 19.8 Å². The lowest BCUT2D eigenvalue weighted by Gasteiger charge is -2.08. The molecule has 0 aliphatic carbocycles. The van der Waals surface area contributed by atoms with Gasteiger partial charge >= 0.3 is 0 Å². The molecule has 0 N–H and O–H groups in total. The Balaban J connectivity index is 2.04. The van der Waals surface area contributed by atoms with E-state index < -0.39 is 0 Å². The van der Waals surface area contributed by atoms with Crippen LogP contribution in [0.1, 0.15) is 41.3 Å². The van der Waals surface area contributed by atoms with Crippen molar-refractivity contribution in [3.05, 3.63) is 77.6 Å². The maximum atomic E-state index is 12.7. The molecule has 0 aliphatic heterocycles. The largest absolute Gasteiger partial charge is 0.289 e. The van der Waals surface area contributed by atoms with Crippen molar-refractivity contribution in [1.82, 2.24) is 4.98 Å². The average Bonchev–Trinajstić information content (AvgIpc) is 2.53. The first kappa shape index (κ1) is 13.5. The van der Waals surface area contributed by atoms with E-state index in [1.807, 2.05) is 48.5 Å². The van der Waals surface area contributed by atoms with Crippen LogP contribution < -0.4 is 0 Å². The standard InChI is InChI=1S/C19H17NO/c1-13(2)14-6-8-16(9-7-14)19(21)17-5-3-4-15-10-11-20-12-18(15)17/h3-13H,1-2H3. The molecule has 2 heteroatoms. The second-order valence-electron chi connectivity index (χ2n) is 5.51. The number of ketones is 1. The average molecular weight is 275 g/mol. The van der Waals surface area contributed by atoms with E-state index in [-0.39, 0.29) is 5.78 Å². The molecule has 1 aromatic heterocycles. The zero-order valence-corrected chi connectivity index (χ0v) is 12.2. The van der Waals surface area contributed by atoms with E-state index in [2.05, 4.69) is 18.8 Å². The SMILES string of the molecule is CC(C)c1ccc(C(=O)c2cccc3ccncc23)cc1. The van der Waals surface area contributed by atoms with Crippen molar-refractivity contribution in [3.63, 3.8) is 0 Å². The van der Waals surface area contributed by atoms with Crippen LogP contribution in [0.4, 0.5) is 0 Å². The van der Waals surface area contributed by atoms with Gasteiger partial charge in [0.1, 0.15) is 0 Å². The molecule has 0 saturated heterocycles. The molecule has 3 rings (SSSR count). The third-order valence-electron chi connectivity index (χ3n) is 3.77. The summed E-state index contributed by atoms with van der Waals surface area (Å²) in [5.41, 5.74) is 2.67. The molecular weight excluding hydrogens is 258 g/mol. The predicted molar refractivity (Wildman–Crippen MR) is 85.7 cm³/mol. The van der Waals surface area contributed by atoms with Gasteiger partial charge in [0.2, 0.25) is 0 Å². The minimum absolute atomic E-state index is 0.0453. The molecule has 21 heavy (non-hydrogen) atoms. The van der Waals surface area contributed by atoms with E-state index in [0.29, 0.717) is 11.5 Å². The lowest BCUT2D eigenvalue weighted by Crippen LogP contribution is -2.02. The van der Waals surface area contributed by atoms with Gasteiger partial charge in [-0.1, -0.05) is 56.3 Å². The quantitative estimate of drug-likeness (QED) is 0.654. The lowest BCUT2D eigenvalue weighted by molar-refractivity contribution is 0.104. The summed E-state index contributed by atoms with van der Waals surface area (Å²) < 4.78 is 0. The Kier molecular flexibility index (Phi) is 3.53. The van der Waals surface area contributed by atoms with E-state index in [9.17, 15) is 4.79 Å². The highest BCUT2D eigenvalue weighted by Gasteiger charge is 2.12. The van der Waals surface area contributed by atoms with Crippen molar-refractivity contribution in [2.24, 2.45) is 0 Å². The summed E-state index contributed by atoms with van der Waals surface area (Å²) in [6, 6.07) is 15.6. The fourth-order valence-corrected chi connectivity index (χ4v) is 2.49. The summed E-state index contributed by atoms with van der Waals surface area (Å²) in [6.07, 6.45) is 3.50. The smallest absolute Gasteiger partial charge is 0.193 e. The van der Waals surface area contributed by atoms with Gasteiger partial charge in [-0.3, -0.25) is 9.78 Å². The van der Waals surface area contributed by atoms with Gasteiger partial charge in [0, 0.05) is 28.9 Å². The van der Waals surface area contributed by atoms with Gasteiger partial charge in [0.15, 0.2) is 5.78 Å². The van der Waals surface area contributed by atoms with Crippen molar-refractivity contribution < 1.29 is 4.79 Å². The number of hydrogen-bond acceptors (Lipinski definition) is 2. The zero-order chi connectivity index (χ0) is 14.8. The van der Waals surface area contributed by atoms with Crippen LogP contribution >= 0.6 is 0 Å². The molecule has 0 unspecified atom stereocenters. The Hall–Kier alpha value is -2.48. The highest BCUT2D eigenvalue weighted by Crippen LogP contribution is 2.22. The molecule has 3 aromatic rings. The monoisotopic (exact) mass is 275 g/mol. The summed E-state index contributed by atoms with van der Waals surface area (Å²) in [7, 11) is 0. The van der Waals surface area contributed by atoms with Crippen molar-refractivity contribution in [3.8, 4) is 0 Å². The van der Waals surface area contributed by atoms with Gasteiger partial charge in [-0.25, -0.2) is 0 Å². The molecular formula is C19H17NO. The minimum atomic E-state index is 0.0453. The molecule has 2 nitrogen and oxygen atoms in total. The number of carbonyl (C=O) groups excluding carboxylic acids is 1. The number of nitrogens with zero attached hydrogens (tertiary/aromatic N) is 1. The Bertz CT molecular complexity index is 783. The number of aromatic nitrogens is 1. The first-order valence-corrected chi connectivity index (χ1v) is 7.14. The maximum absolute atomic E-state index is 12.7. The van der Waals surface area contributed by atoms with E-state index in [1.54, 1.807) is 12.4 Å². The van der Waals surface area contributed by atoms with Gasteiger partial charge < -0.3 is 0 Å². The molecule has 104 valence electrons. The molecule has 0 atom stereocenters. The maximum Gasteiger partial charge on any atom is 0.193 e. The summed E-state index contributed by atoms with van der Waals surface area (Å²) in [5.74, 6) is 0.514. The number of benzene rings is 2. The first-order chi connectivity index (χ1) is 10.2. The Morgan fingerprint density at radius 3 is 2.48 bits per heavy atom. The summed E-state index contributed by atoms with van der Waals surface area (Å²) in [4.78, 5) is 16.8. The Labute approximate surface area is 124 Å². The van der Waals surface area contributed by atoms with Crippen LogP contribution in [0.15, 0.2) is 60.9 Å². The fourth-order valence-electron chi connectivity index (χ4n) is 2.49. The van der Waals surface area contributed by atoms with Crippen LogP contribution in [0.3, 0.4) is 0 Å². The molecule has 1 heterocycles. The van der Waals surface area contributed by atoms with Crippen LogP contribution in [0.2, 0.25) is 0 Å². The van der Waals surface area contributed by atoms with Crippen LogP contribution in [0.25, 0.3) is 10.8 Å². The van der Waals surface area contributed by atoms with E-state index >= 15 is 0 Å². The Morgan fingerprint density at radius 2 is 1.76 bits per heavy atom. The highest BCUT2D eigenvalue weighted by atomic mass is 16.1. The highest BCUT2D eigenvalue weighted by molar-refractivity contribution is 6.16. The number of carbonyl (C=O) groups is 1. The minimum Gasteiger partial charge on any atom is -0.289 e. The number of rotatable bonds is 3. The first-order valence-electron chi connectivity index (χ1n) is 7.14. The molecule has 0 bridgehead atoms. The van der Waals surface area contributed by atoms with E-state index in [1.165, 1.54) is 5.56 Å². The van der Waals surface area contributed by atoms with Gasteiger partial charge in [-0.05, 0) is 22.9 Å². The third kappa shape index (κ3) is 2.57. The van der Waals surface area contributed by atoms with Crippen molar-refractivity contribution >= 4 is 16.6 Å². The summed E-state index contributed by atoms with van der Waals surface area (Å²) in [6.45, 7) is 4.29. The van der Waals surface area contributed by atoms with Crippen molar-refractivity contribution in [2.75, 3.05) is 0 Å². The van der Waals surface area contributed by atoms with E-state index in [0.717, 1.165) is 16.3 Å². The van der Waals surface area contributed by atoms with Gasteiger partial charge in [0.05, 0.1) is 0 Å². The van der Waals surface area contributed by atoms with Gasteiger partial charge in [-0.15, -0.1) is 0 Å². The normalized spacial score (nSPS) is 11.0.